The normalized spacial score (nSPS) is 15.7. The molecule has 8 heteroatoms. The number of anilines is 1. The van der Waals surface area contributed by atoms with E-state index in [-0.39, 0.29) is 6.03 Å². The lowest BCUT2D eigenvalue weighted by Crippen LogP contribution is -2.38. The summed E-state index contributed by atoms with van der Waals surface area (Å²) in [7, 11) is 0. The van der Waals surface area contributed by atoms with Crippen LogP contribution in [0.15, 0.2) is 4.52 Å². The predicted molar refractivity (Wildman–Crippen MR) is 87.5 cm³/mol. The van der Waals surface area contributed by atoms with Gasteiger partial charge in [-0.3, -0.25) is 5.32 Å². The number of aryl methyl sites for hydroxylation is 2. The standard InChI is InChI=1S/C15H21N5O2S/c1-8(2)7-11-12(23-10(4)17-11)18-14(21)19-15(5-6-15)13-16-9(3)20-22-13/h8H,5-7H2,1-4H3,(H2,18,19,21). The molecule has 0 aliphatic heterocycles. The fourth-order valence-corrected chi connectivity index (χ4v) is 3.30. The summed E-state index contributed by atoms with van der Waals surface area (Å²) in [6.07, 6.45) is 2.46. The first-order chi connectivity index (χ1) is 10.9. The molecule has 1 saturated carbocycles. The van der Waals surface area contributed by atoms with Crippen LogP contribution in [0, 0.1) is 19.8 Å². The second-order valence-electron chi connectivity index (χ2n) is 6.41. The van der Waals surface area contributed by atoms with E-state index in [0.717, 1.165) is 35.0 Å². The fraction of sp³-hybridized carbons (Fsp3) is 0.600. The van der Waals surface area contributed by atoms with Crippen LogP contribution in [-0.4, -0.2) is 21.2 Å². The lowest BCUT2D eigenvalue weighted by Gasteiger charge is -2.14. The molecule has 2 N–H and O–H groups in total. The Hall–Kier alpha value is -1.96. The maximum absolute atomic E-state index is 12.4. The molecule has 0 radical (unpaired) electrons. The summed E-state index contributed by atoms with van der Waals surface area (Å²) in [5.74, 6) is 1.54. The highest BCUT2D eigenvalue weighted by molar-refractivity contribution is 7.16. The number of hydrogen-bond acceptors (Lipinski definition) is 6. The number of urea groups is 1. The summed E-state index contributed by atoms with van der Waals surface area (Å²) in [5.41, 5.74) is 0.430. The first-order valence-corrected chi connectivity index (χ1v) is 8.56. The van der Waals surface area contributed by atoms with E-state index in [4.69, 9.17) is 4.52 Å². The monoisotopic (exact) mass is 335 g/mol. The van der Waals surface area contributed by atoms with Gasteiger partial charge in [0.1, 0.15) is 10.5 Å². The molecule has 2 aromatic heterocycles. The fourth-order valence-electron chi connectivity index (χ4n) is 2.45. The molecular formula is C15H21N5O2S. The maximum Gasteiger partial charge on any atom is 0.320 e. The zero-order valence-corrected chi connectivity index (χ0v) is 14.6. The number of nitrogens with zero attached hydrogens (tertiary/aromatic N) is 3. The van der Waals surface area contributed by atoms with E-state index in [9.17, 15) is 4.79 Å². The van der Waals surface area contributed by atoms with Crippen LogP contribution in [0.2, 0.25) is 0 Å². The highest BCUT2D eigenvalue weighted by Crippen LogP contribution is 2.44. The molecule has 0 unspecified atom stereocenters. The van der Waals surface area contributed by atoms with Crippen molar-refractivity contribution >= 4 is 22.4 Å². The first kappa shape index (κ1) is 15.9. The number of rotatable bonds is 5. The Morgan fingerprint density at radius 2 is 2.09 bits per heavy atom. The molecule has 3 rings (SSSR count). The van der Waals surface area contributed by atoms with Crippen molar-refractivity contribution in [2.75, 3.05) is 5.32 Å². The van der Waals surface area contributed by atoms with Gasteiger partial charge in [-0.2, -0.15) is 4.98 Å². The van der Waals surface area contributed by atoms with Gasteiger partial charge in [-0.05, 0) is 39.0 Å². The summed E-state index contributed by atoms with van der Waals surface area (Å²) < 4.78 is 5.21. The molecule has 0 atom stereocenters. The van der Waals surface area contributed by atoms with Gasteiger partial charge in [0.25, 0.3) is 5.89 Å². The van der Waals surface area contributed by atoms with E-state index in [1.165, 1.54) is 11.3 Å². The highest BCUT2D eigenvalue weighted by atomic mass is 32.1. The van der Waals surface area contributed by atoms with Crippen molar-refractivity contribution in [1.29, 1.82) is 0 Å². The molecule has 2 aromatic rings. The Balaban J connectivity index is 1.68. The lowest BCUT2D eigenvalue weighted by atomic mass is 10.1. The van der Waals surface area contributed by atoms with Gasteiger partial charge >= 0.3 is 6.03 Å². The van der Waals surface area contributed by atoms with Gasteiger partial charge in [0.05, 0.1) is 10.7 Å². The maximum atomic E-state index is 12.4. The summed E-state index contributed by atoms with van der Waals surface area (Å²) in [5, 5.41) is 11.5. The Kier molecular flexibility index (Phi) is 4.09. The van der Waals surface area contributed by atoms with Gasteiger partial charge in [0.15, 0.2) is 5.82 Å². The third-order valence-electron chi connectivity index (χ3n) is 3.67. The van der Waals surface area contributed by atoms with Crippen molar-refractivity contribution in [2.24, 2.45) is 5.92 Å². The second kappa shape index (κ2) is 5.92. The minimum Gasteiger partial charge on any atom is -0.337 e. The topological polar surface area (TPSA) is 92.9 Å². The van der Waals surface area contributed by atoms with Crippen molar-refractivity contribution in [3.05, 3.63) is 22.4 Å². The summed E-state index contributed by atoms with van der Waals surface area (Å²) >= 11 is 1.50. The van der Waals surface area contributed by atoms with E-state index < -0.39 is 5.54 Å². The third kappa shape index (κ3) is 3.52. The smallest absolute Gasteiger partial charge is 0.320 e. The Bertz CT molecular complexity index is 717. The molecule has 7 nitrogen and oxygen atoms in total. The predicted octanol–water partition coefficient (Wildman–Crippen LogP) is 3.15. The number of carbonyl (C=O) groups is 1. The van der Waals surface area contributed by atoms with Crippen LogP contribution in [0.25, 0.3) is 0 Å². The zero-order chi connectivity index (χ0) is 16.6. The number of amides is 2. The molecular weight excluding hydrogens is 314 g/mol. The SMILES string of the molecule is Cc1noc(C2(NC(=O)Nc3sc(C)nc3CC(C)C)CC2)n1. The van der Waals surface area contributed by atoms with Crippen molar-refractivity contribution in [1.82, 2.24) is 20.4 Å². The molecule has 23 heavy (non-hydrogen) atoms. The van der Waals surface area contributed by atoms with Crippen molar-refractivity contribution in [2.45, 2.75) is 52.5 Å². The molecule has 124 valence electrons. The van der Waals surface area contributed by atoms with Gasteiger partial charge < -0.3 is 9.84 Å². The quantitative estimate of drug-likeness (QED) is 0.875. The number of hydrogen-bond donors (Lipinski definition) is 2. The molecule has 2 heterocycles. The Morgan fingerprint density at radius 3 is 2.65 bits per heavy atom. The summed E-state index contributed by atoms with van der Waals surface area (Å²) in [4.78, 5) is 21.1. The van der Waals surface area contributed by atoms with Crippen molar-refractivity contribution in [3.8, 4) is 0 Å². The van der Waals surface area contributed by atoms with Crippen LogP contribution in [-0.2, 0) is 12.0 Å². The van der Waals surface area contributed by atoms with Crippen LogP contribution >= 0.6 is 11.3 Å². The number of aromatic nitrogens is 3. The van der Waals surface area contributed by atoms with E-state index in [1.807, 2.05) is 6.92 Å². The molecule has 0 aromatic carbocycles. The zero-order valence-electron chi connectivity index (χ0n) is 13.8. The first-order valence-electron chi connectivity index (χ1n) is 7.74. The summed E-state index contributed by atoms with van der Waals surface area (Å²) in [6, 6.07) is -0.257. The Morgan fingerprint density at radius 1 is 1.35 bits per heavy atom. The number of nitrogens with one attached hydrogen (secondary N) is 2. The highest BCUT2D eigenvalue weighted by Gasteiger charge is 2.51. The minimum absolute atomic E-state index is 0.257. The average molecular weight is 335 g/mol. The minimum atomic E-state index is -0.511. The summed E-state index contributed by atoms with van der Waals surface area (Å²) in [6.45, 7) is 7.98. The van der Waals surface area contributed by atoms with Crippen LogP contribution in [0.5, 0.6) is 0 Å². The van der Waals surface area contributed by atoms with Crippen LogP contribution in [0.3, 0.4) is 0 Å². The molecule has 1 aliphatic carbocycles. The van der Waals surface area contributed by atoms with Gasteiger partial charge in [-0.15, -0.1) is 11.3 Å². The van der Waals surface area contributed by atoms with Gasteiger partial charge in [0.2, 0.25) is 0 Å². The Labute approximate surface area is 138 Å². The number of thiazole rings is 1. The van der Waals surface area contributed by atoms with Crippen molar-refractivity contribution < 1.29 is 9.32 Å². The molecule has 0 bridgehead atoms. The van der Waals surface area contributed by atoms with Crippen LogP contribution in [0.1, 0.15) is 49.1 Å². The van der Waals surface area contributed by atoms with Crippen LogP contribution < -0.4 is 10.6 Å². The van der Waals surface area contributed by atoms with E-state index in [0.29, 0.717) is 17.6 Å². The third-order valence-corrected chi connectivity index (χ3v) is 4.60. The van der Waals surface area contributed by atoms with E-state index >= 15 is 0 Å². The van der Waals surface area contributed by atoms with Gasteiger partial charge in [-0.25, -0.2) is 9.78 Å². The number of carbonyl (C=O) groups excluding carboxylic acids is 1. The molecule has 0 spiro atoms. The molecule has 0 saturated heterocycles. The second-order valence-corrected chi connectivity index (χ2v) is 7.62. The average Bonchev–Trinajstić information content (AvgIpc) is 2.95. The van der Waals surface area contributed by atoms with Crippen LogP contribution in [0.4, 0.5) is 9.80 Å². The van der Waals surface area contributed by atoms with E-state index in [2.05, 4.69) is 39.6 Å². The van der Waals surface area contributed by atoms with Crippen molar-refractivity contribution in [3.63, 3.8) is 0 Å². The van der Waals surface area contributed by atoms with E-state index in [1.54, 1.807) is 6.92 Å². The van der Waals surface area contributed by atoms with Gasteiger partial charge in [-0.1, -0.05) is 19.0 Å². The lowest BCUT2D eigenvalue weighted by molar-refractivity contribution is 0.241. The largest absolute Gasteiger partial charge is 0.337 e. The molecule has 1 fully saturated rings. The molecule has 1 aliphatic rings. The molecule has 2 amide bonds. The van der Waals surface area contributed by atoms with Gasteiger partial charge in [0, 0.05) is 0 Å².